The van der Waals surface area contributed by atoms with Gasteiger partial charge in [-0.25, -0.2) is 0 Å². The minimum Gasteiger partial charge on any atom is -0.309 e. The summed E-state index contributed by atoms with van der Waals surface area (Å²) in [5.74, 6) is 0. The molecular formula is C58H36N2. The van der Waals surface area contributed by atoms with E-state index in [-0.39, 0.29) is 0 Å². The van der Waals surface area contributed by atoms with E-state index in [0.717, 1.165) is 16.9 Å². The number of aromatic nitrogens is 2. The van der Waals surface area contributed by atoms with Gasteiger partial charge in [-0.05, 0) is 97.6 Å². The van der Waals surface area contributed by atoms with Crippen molar-refractivity contribution in [2.45, 2.75) is 5.41 Å². The van der Waals surface area contributed by atoms with E-state index in [4.69, 9.17) is 4.98 Å². The van der Waals surface area contributed by atoms with Crippen molar-refractivity contribution in [1.82, 2.24) is 9.55 Å². The van der Waals surface area contributed by atoms with E-state index in [1.165, 1.54) is 99.3 Å². The summed E-state index contributed by atoms with van der Waals surface area (Å²) in [6.07, 6.45) is 2.04. The Morgan fingerprint density at radius 1 is 0.383 bits per heavy atom. The average molecular weight is 761 g/mol. The van der Waals surface area contributed by atoms with Gasteiger partial charge in [0.15, 0.2) is 0 Å². The first kappa shape index (κ1) is 33.2. The van der Waals surface area contributed by atoms with Crippen molar-refractivity contribution >= 4 is 32.6 Å². The van der Waals surface area contributed by atoms with E-state index in [0.29, 0.717) is 0 Å². The van der Waals surface area contributed by atoms with Gasteiger partial charge in [-0.15, -0.1) is 0 Å². The van der Waals surface area contributed by atoms with E-state index in [2.05, 4.69) is 217 Å². The van der Waals surface area contributed by atoms with Crippen LogP contribution in [0.2, 0.25) is 0 Å². The van der Waals surface area contributed by atoms with Crippen molar-refractivity contribution in [1.29, 1.82) is 0 Å². The van der Waals surface area contributed by atoms with Crippen molar-refractivity contribution in [2.24, 2.45) is 0 Å². The number of rotatable bonds is 5. The molecule has 11 aromatic rings. The fourth-order valence-corrected chi connectivity index (χ4v) is 10.8. The van der Waals surface area contributed by atoms with Crippen LogP contribution in [0.25, 0.3) is 94.0 Å². The molecule has 0 N–H and O–H groups in total. The fourth-order valence-electron chi connectivity index (χ4n) is 10.8. The first-order valence-electron chi connectivity index (χ1n) is 20.8. The first-order valence-corrected chi connectivity index (χ1v) is 20.8. The maximum Gasteiger partial charge on any atom is 0.0787 e. The molecule has 278 valence electrons. The molecule has 0 spiro atoms. The first-order chi connectivity index (χ1) is 29.8. The SMILES string of the molecule is c1ccc(C2(c3ccccc3)c3ccccc3-c3cc(-c4ccc5c(c4)c4ccccc4n5-c4cccc(-c5ncc6cccc7c6c5-c5ccccc5-7)c4)ccc32)cc1. The minimum absolute atomic E-state index is 0.411. The molecule has 0 bridgehead atoms. The summed E-state index contributed by atoms with van der Waals surface area (Å²) in [6.45, 7) is 0. The summed E-state index contributed by atoms with van der Waals surface area (Å²) >= 11 is 0. The summed E-state index contributed by atoms with van der Waals surface area (Å²) < 4.78 is 2.42. The summed E-state index contributed by atoms with van der Waals surface area (Å²) in [5.41, 5.74) is 20.4. The molecule has 2 aromatic heterocycles. The highest BCUT2D eigenvalue weighted by molar-refractivity contribution is 6.18. The van der Waals surface area contributed by atoms with E-state index in [9.17, 15) is 0 Å². The van der Waals surface area contributed by atoms with Gasteiger partial charge >= 0.3 is 0 Å². The number of para-hydroxylation sites is 1. The normalized spacial score (nSPS) is 13.1. The molecule has 0 unspecified atom stereocenters. The highest BCUT2D eigenvalue weighted by Crippen LogP contribution is 2.57. The molecule has 0 saturated heterocycles. The summed E-state index contributed by atoms with van der Waals surface area (Å²) in [4.78, 5) is 5.15. The van der Waals surface area contributed by atoms with Crippen LogP contribution in [-0.2, 0) is 5.41 Å². The number of hydrogen-bond acceptors (Lipinski definition) is 1. The second kappa shape index (κ2) is 12.6. The Morgan fingerprint density at radius 2 is 1.02 bits per heavy atom. The Morgan fingerprint density at radius 3 is 1.85 bits per heavy atom. The van der Waals surface area contributed by atoms with Crippen LogP contribution < -0.4 is 0 Å². The molecule has 13 rings (SSSR count). The zero-order valence-corrected chi connectivity index (χ0v) is 32.7. The maximum absolute atomic E-state index is 5.15. The van der Waals surface area contributed by atoms with Crippen LogP contribution in [0.1, 0.15) is 22.3 Å². The number of benzene rings is 9. The van der Waals surface area contributed by atoms with E-state index < -0.39 is 5.41 Å². The third kappa shape index (κ3) is 4.50. The Hall–Kier alpha value is -7.81. The molecular weight excluding hydrogens is 725 g/mol. The monoisotopic (exact) mass is 760 g/mol. The smallest absolute Gasteiger partial charge is 0.0787 e. The zero-order valence-electron chi connectivity index (χ0n) is 32.7. The van der Waals surface area contributed by atoms with Crippen molar-refractivity contribution in [3.63, 3.8) is 0 Å². The number of hydrogen-bond donors (Lipinski definition) is 0. The second-order valence-electron chi connectivity index (χ2n) is 16.2. The average Bonchev–Trinajstić information content (AvgIpc) is 3.95. The molecule has 2 heterocycles. The molecule has 0 aliphatic heterocycles. The lowest BCUT2D eigenvalue weighted by molar-refractivity contribution is 0.768. The highest BCUT2D eigenvalue weighted by Gasteiger charge is 2.46. The van der Waals surface area contributed by atoms with Crippen LogP contribution >= 0.6 is 0 Å². The molecule has 0 saturated carbocycles. The molecule has 0 atom stereocenters. The third-order valence-corrected chi connectivity index (χ3v) is 13.2. The van der Waals surface area contributed by atoms with Gasteiger partial charge in [0, 0.05) is 44.6 Å². The number of nitrogens with zero attached hydrogens (tertiary/aromatic N) is 2. The van der Waals surface area contributed by atoms with E-state index in [1.54, 1.807) is 0 Å². The standard InChI is InChI=1S/C58H36N2/c1-3-17-41(18-4-1)58(42-19-5-2-6-20-42)51-27-11-9-23-45(51)49-34-37(29-31-52(49)58)38-30-32-54-50(35-38)46-24-10-12-28-53(46)60(54)43-21-13-15-39(33-43)57-56-48-25-8-7-22-44(48)47-26-14-16-40(36-59-57)55(47)56/h1-36H. The Balaban J connectivity index is 0.968. The lowest BCUT2D eigenvalue weighted by Gasteiger charge is -2.33. The molecule has 0 amide bonds. The van der Waals surface area contributed by atoms with Gasteiger partial charge in [-0.3, -0.25) is 4.98 Å². The number of fused-ring (bicyclic) bond motifs is 9. The quantitative estimate of drug-likeness (QED) is 0.171. The molecule has 2 aliphatic carbocycles. The lowest BCUT2D eigenvalue weighted by Crippen LogP contribution is -2.28. The minimum atomic E-state index is -0.411. The molecule has 2 heteroatoms. The van der Waals surface area contributed by atoms with Crippen molar-refractivity contribution in [2.75, 3.05) is 0 Å². The van der Waals surface area contributed by atoms with Crippen LogP contribution in [0.5, 0.6) is 0 Å². The summed E-state index contributed by atoms with van der Waals surface area (Å²) in [7, 11) is 0. The van der Waals surface area contributed by atoms with Crippen LogP contribution in [0.15, 0.2) is 219 Å². The highest BCUT2D eigenvalue weighted by atomic mass is 15.0. The molecule has 2 nitrogen and oxygen atoms in total. The van der Waals surface area contributed by atoms with Crippen molar-refractivity contribution in [3.8, 4) is 61.5 Å². The molecule has 2 aliphatic rings. The van der Waals surface area contributed by atoms with E-state index in [1.807, 2.05) is 6.20 Å². The van der Waals surface area contributed by atoms with Gasteiger partial charge < -0.3 is 4.57 Å². The van der Waals surface area contributed by atoms with Crippen LogP contribution in [0.4, 0.5) is 0 Å². The van der Waals surface area contributed by atoms with Gasteiger partial charge in [0.1, 0.15) is 0 Å². The zero-order chi connectivity index (χ0) is 39.4. The Labute approximate surface area is 348 Å². The predicted molar refractivity (Wildman–Crippen MR) is 249 cm³/mol. The largest absolute Gasteiger partial charge is 0.309 e. The molecule has 60 heavy (non-hydrogen) atoms. The van der Waals surface area contributed by atoms with Gasteiger partial charge in [0.2, 0.25) is 0 Å². The van der Waals surface area contributed by atoms with Crippen molar-refractivity contribution < 1.29 is 0 Å². The van der Waals surface area contributed by atoms with Gasteiger partial charge in [-0.1, -0.05) is 176 Å². The summed E-state index contributed by atoms with van der Waals surface area (Å²) in [6, 6.07) is 78.3. The number of pyridine rings is 1. The topological polar surface area (TPSA) is 17.8 Å². The Kier molecular flexibility index (Phi) is 6.97. The third-order valence-electron chi connectivity index (χ3n) is 13.2. The lowest BCUT2D eigenvalue weighted by atomic mass is 9.67. The predicted octanol–water partition coefficient (Wildman–Crippen LogP) is 14.7. The van der Waals surface area contributed by atoms with Gasteiger partial charge in [0.05, 0.1) is 22.1 Å². The molecule has 9 aromatic carbocycles. The fraction of sp³-hybridized carbons (Fsp3) is 0.0172. The second-order valence-corrected chi connectivity index (χ2v) is 16.2. The van der Waals surface area contributed by atoms with Crippen LogP contribution in [0.3, 0.4) is 0 Å². The maximum atomic E-state index is 5.15. The summed E-state index contributed by atoms with van der Waals surface area (Å²) in [5, 5.41) is 4.94. The van der Waals surface area contributed by atoms with Gasteiger partial charge in [0.25, 0.3) is 0 Å². The van der Waals surface area contributed by atoms with Crippen molar-refractivity contribution in [3.05, 3.63) is 241 Å². The van der Waals surface area contributed by atoms with Gasteiger partial charge in [-0.2, -0.15) is 0 Å². The molecule has 0 radical (unpaired) electrons. The van der Waals surface area contributed by atoms with Crippen LogP contribution in [-0.4, -0.2) is 9.55 Å². The molecule has 0 fully saturated rings. The van der Waals surface area contributed by atoms with E-state index >= 15 is 0 Å². The van der Waals surface area contributed by atoms with Crippen LogP contribution in [0, 0.1) is 0 Å². The Bertz CT molecular complexity index is 3500.